The third kappa shape index (κ3) is 2.46. The van der Waals surface area contributed by atoms with Crippen LogP contribution in [0.2, 0.25) is 0 Å². The predicted octanol–water partition coefficient (Wildman–Crippen LogP) is -0.0571. The molecule has 0 bridgehead atoms. The third-order valence-electron chi connectivity index (χ3n) is 2.03. The number of amides is 3. The number of benzene rings is 1. The summed E-state index contributed by atoms with van der Waals surface area (Å²) in [6.07, 6.45) is 3.10. The molecular formula is C10H9N5O2. The Labute approximate surface area is 96.0 Å². The average Bonchev–Trinajstić information content (AvgIpc) is 2.35. The third-order valence-corrected chi connectivity index (χ3v) is 2.03. The van der Waals surface area contributed by atoms with Gasteiger partial charge in [-0.15, -0.1) is 0 Å². The normalized spacial score (nSPS) is 9.88. The van der Waals surface area contributed by atoms with E-state index in [4.69, 9.17) is 5.73 Å². The zero-order valence-corrected chi connectivity index (χ0v) is 8.68. The second-order valence-electron chi connectivity index (χ2n) is 3.20. The van der Waals surface area contributed by atoms with Crippen LogP contribution >= 0.6 is 0 Å². The fraction of sp³-hybridized carbons (Fsp3) is 0. The van der Waals surface area contributed by atoms with Gasteiger partial charge in [0.2, 0.25) is 0 Å². The number of fused-ring (bicyclic) bond motifs is 1. The second kappa shape index (κ2) is 4.44. The van der Waals surface area contributed by atoms with Crippen LogP contribution in [0.3, 0.4) is 0 Å². The molecule has 0 spiro atoms. The van der Waals surface area contributed by atoms with Crippen molar-refractivity contribution in [3.63, 3.8) is 0 Å². The van der Waals surface area contributed by atoms with Gasteiger partial charge in [0.25, 0.3) is 5.91 Å². The molecule has 7 heteroatoms. The summed E-state index contributed by atoms with van der Waals surface area (Å²) >= 11 is 0. The van der Waals surface area contributed by atoms with Crippen LogP contribution in [0.4, 0.5) is 4.79 Å². The van der Waals surface area contributed by atoms with Gasteiger partial charge in [0.15, 0.2) is 0 Å². The van der Waals surface area contributed by atoms with Crippen molar-refractivity contribution in [3.8, 4) is 0 Å². The summed E-state index contributed by atoms with van der Waals surface area (Å²) in [7, 11) is 0. The van der Waals surface area contributed by atoms with Crippen molar-refractivity contribution in [2.75, 3.05) is 0 Å². The van der Waals surface area contributed by atoms with E-state index in [1.54, 1.807) is 24.4 Å². The molecule has 1 aromatic heterocycles. The summed E-state index contributed by atoms with van der Waals surface area (Å²) in [6, 6.07) is 3.98. The van der Waals surface area contributed by atoms with Crippen molar-refractivity contribution in [2.45, 2.75) is 0 Å². The van der Waals surface area contributed by atoms with Gasteiger partial charge in [-0.1, -0.05) is 0 Å². The number of nitrogens with zero attached hydrogens (tertiary/aromatic N) is 2. The number of hydrogen-bond acceptors (Lipinski definition) is 4. The smallest absolute Gasteiger partial charge is 0.330 e. The summed E-state index contributed by atoms with van der Waals surface area (Å²) < 4.78 is 0. The molecule has 2 rings (SSSR count). The molecule has 86 valence electrons. The summed E-state index contributed by atoms with van der Waals surface area (Å²) in [5.41, 5.74) is 10.6. The highest BCUT2D eigenvalue weighted by Crippen LogP contribution is 2.10. The summed E-state index contributed by atoms with van der Waals surface area (Å²) in [5, 5.41) is 0. The fourth-order valence-corrected chi connectivity index (χ4v) is 1.30. The van der Waals surface area contributed by atoms with Crippen LogP contribution < -0.4 is 16.6 Å². The maximum absolute atomic E-state index is 11.6. The lowest BCUT2D eigenvalue weighted by Crippen LogP contribution is -2.44. The number of hydrogen-bond donors (Lipinski definition) is 3. The number of carbonyl (C=O) groups excluding carboxylic acids is 2. The largest absolute Gasteiger partial charge is 0.350 e. The van der Waals surface area contributed by atoms with E-state index in [0.29, 0.717) is 16.6 Å². The standard InChI is InChI=1S/C10H9N5O2/c11-10(17)15-14-9(16)6-1-2-7-8(5-6)13-4-3-12-7/h1-5H,(H,14,16)(H3,11,15,17). The minimum Gasteiger partial charge on any atom is -0.350 e. The van der Waals surface area contributed by atoms with Crippen LogP contribution in [0.25, 0.3) is 11.0 Å². The second-order valence-corrected chi connectivity index (χ2v) is 3.20. The molecular weight excluding hydrogens is 222 g/mol. The number of primary amides is 1. The van der Waals surface area contributed by atoms with Crippen LogP contribution in [-0.2, 0) is 0 Å². The lowest BCUT2D eigenvalue weighted by Gasteiger charge is -2.05. The van der Waals surface area contributed by atoms with E-state index < -0.39 is 11.9 Å². The molecule has 0 atom stereocenters. The van der Waals surface area contributed by atoms with Gasteiger partial charge >= 0.3 is 6.03 Å². The average molecular weight is 231 g/mol. The van der Waals surface area contributed by atoms with Crippen molar-refractivity contribution in [3.05, 3.63) is 36.2 Å². The topological polar surface area (TPSA) is 110 Å². The van der Waals surface area contributed by atoms with Crippen LogP contribution in [0.5, 0.6) is 0 Å². The first kappa shape index (κ1) is 10.8. The van der Waals surface area contributed by atoms with Crippen LogP contribution in [0, 0.1) is 0 Å². The van der Waals surface area contributed by atoms with E-state index in [1.165, 1.54) is 6.20 Å². The zero-order chi connectivity index (χ0) is 12.3. The molecule has 3 amide bonds. The molecule has 0 aliphatic carbocycles. The Bertz CT molecular complexity index is 584. The molecule has 0 aliphatic rings. The van der Waals surface area contributed by atoms with Crippen molar-refractivity contribution in [1.29, 1.82) is 0 Å². The van der Waals surface area contributed by atoms with Gasteiger partial charge in [0.05, 0.1) is 11.0 Å². The Morgan fingerprint density at radius 3 is 2.47 bits per heavy atom. The number of carbonyl (C=O) groups is 2. The van der Waals surface area contributed by atoms with Gasteiger partial charge in [-0.25, -0.2) is 10.2 Å². The maximum Gasteiger partial charge on any atom is 0.330 e. The Balaban J connectivity index is 2.24. The number of aromatic nitrogens is 2. The zero-order valence-electron chi connectivity index (χ0n) is 8.68. The molecule has 0 saturated heterocycles. The highest BCUT2D eigenvalue weighted by Gasteiger charge is 2.07. The molecule has 0 saturated carbocycles. The molecule has 1 aromatic carbocycles. The van der Waals surface area contributed by atoms with Gasteiger partial charge in [-0.2, -0.15) is 0 Å². The van der Waals surface area contributed by atoms with Gasteiger partial charge in [0.1, 0.15) is 0 Å². The number of urea groups is 1. The summed E-state index contributed by atoms with van der Waals surface area (Å²) in [6.45, 7) is 0. The minimum atomic E-state index is -0.834. The van der Waals surface area contributed by atoms with Gasteiger partial charge in [-0.3, -0.25) is 20.2 Å². The van der Waals surface area contributed by atoms with Gasteiger partial charge < -0.3 is 5.73 Å². The highest BCUT2D eigenvalue weighted by molar-refractivity contribution is 5.97. The lowest BCUT2D eigenvalue weighted by molar-refractivity contribution is 0.0937. The predicted molar refractivity (Wildman–Crippen MR) is 59.7 cm³/mol. The van der Waals surface area contributed by atoms with Crippen molar-refractivity contribution in [1.82, 2.24) is 20.8 Å². The molecule has 2 aromatic rings. The molecule has 0 radical (unpaired) electrons. The number of hydrazine groups is 1. The SMILES string of the molecule is NC(=O)NNC(=O)c1ccc2nccnc2c1. The van der Waals surface area contributed by atoms with Crippen LogP contribution in [0.15, 0.2) is 30.6 Å². The monoisotopic (exact) mass is 231 g/mol. The van der Waals surface area contributed by atoms with Crippen molar-refractivity contribution in [2.24, 2.45) is 5.73 Å². The van der Waals surface area contributed by atoms with E-state index in [1.807, 2.05) is 5.43 Å². The van der Waals surface area contributed by atoms with Gasteiger partial charge in [-0.05, 0) is 18.2 Å². The fourth-order valence-electron chi connectivity index (χ4n) is 1.30. The number of nitrogens with one attached hydrogen (secondary N) is 2. The first-order valence-electron chi connectivity index (χ1n) is 4.73. The van der Waals surface area contributed by atoms with E-state index in [2.05, 4.69) is 15.4 Å². The number of nitrogens with two attached hydrogens (primary N) is 1. The van der Waals surface area contributed by atoms with Crippen LogP contribution in [-0.4, -0.2) is 21.9 Å². The Hall–Kier alpha value is -2.70. The minimum absolute atomic E-state index is 0.353. The van der Waals surface area contributed by atoms with Gasteiger partial charge in [0, 0.05) is 18.0 Å². The first-order valence-corrected chi connectivity index (χ1v) is 4.73. The molecule has 0 unspecified atom stereocenters. The van der Waals surface area contributed by atoms with E-state index in [0.717, 1.165) is 0 Å². The Morgan fingerprint density at radius 1 is 1.06 bits per heavy atom. The Kier molecular flexibility index (Phi) is 2.82. The molecule has 0 aliphatic heterocycles. The highest BCUT2D eigenvalue weighted by atomic mass is 16.2. The first-order chi connectivity index (χ1) is 8.16. The maximum atomic E-state index is 11.6. The summed E-state index contributed by atoms with van der Waals surface area (Å²) in [5.74, 6) is -0.476. The number of rotatable bonds is 1. The summed E-state index contributed by atoms with van der Waals surface area (Å²) in [4.78, 5) is 30.1. The molecule has 4 N–H and O–H groups in total. The molecule has 1 heterocycles. The van der Waals surface area contributed by atoms with Crippen LogP contribution in [0.1, 0.15) is 10.4 Å². The van der Waals surface area contributed by atoms with E-state index in [-0.39, 0.29) is 0 Å². The van der Waals surface area contributed by atoms with E-state index in [9.17, 15) is 9.59 Å². The Morgan fingerprint density at radius 2 is 1.76 bits per heavy atom. The molecule has 7 nitrogen and oxygen atoms in total. The van der Waals surface area contributed by atoms with Crippen molar-refractivity contribution >= 4 is 23.0 Å². The lowest BCUT2D eigenvalue weighted by atomic mass is 10.2. The van der Waals surface area contributed by atoms with E-state index >= 15 is 0 Å². The van der Waals surface area contributed by atoms with Crippen molar-refractivity contribution < 1.29 is 9.59 Å². The quantitative estimate of drug-likeness (QED) is 0.597. The molecule has 0 fully saturated rings. The molecule has 17 heavy (non-hydrogen) atoms.